The number of piperazine rings is 1. The van der Waals surface area contributed by atoms with E-state index in [1.165, 1.54) is 7.11 Å². The van der Waals surface area contributed by atoms with Gasteiger partial charge in [-0.05, 0) is 6.92 Å². The summed E-state index contributed by atoms with van der Waals surface area (Å²) in [5.74, 6) is 0.0667. The molecule has 0 aromatic carbocycles. The molecule has 1 aliphatic rings. The normalized spacial score (nSPS) is 16.9. The Balaban J connectivity index is 2.26. The third kappa shape index (κ3) is 4.70. The highest BCUT2D eigenvalue weighted by atomic mass is 16.6. The van der Waals surface area contributed by atoms with Crippen LogP contribution in [0.2, 0.25) is 0 Å². The second-order valence-electron chi connectivity index (χ2n) is 3.93. The number of nitrogens with zero attached hydrogens (tertiary/aromatic N) is 2. The summed E-state index contributed by atoms with van der Waals surface area (Å²) in [7, 11) is 1.51. The fourth-order valence-corrected chi connectivity index (χ4v) is 1.76. The van der Waals surface area contributed by atoms with Gasteiger partial charge >= 0.3 is 6.09 Å². The highest BCUT2D eigenvalue weighted by Gasteiger charge is 2.22. The minimum atomic E-state index is -0.268. The van der Waals surface area contributed by atoms with Crippen LogP contribution in [0.4, 0.5) is 4.79 Å². The standard InChI is InChI=1S/C11H20N2O4/c1-3-17-11(15)13-6-4-12(5-7-13)8-10(14)9-16-2/h3-9H2,1-2H3. The Kier molecular flexibility index (Phi) is 5.93. The molecule has 1 saturated heterocycles. The number of Topliss-reactive ketones (excluding diaryl/α,β-unsaturated/α-hetero) is 1. The van der Waals surface area contributed by atoms with Gasteiger partial charge in [-0.25, -0.2) is 4.79 Å². The van der Waals surface area contributed by atoms with Gasteiger partial charge in [0, 0.05) is 33.3 Å². The van der Waals surface area contributed by atoms with E-state index in [1.54, 1.807) is 11.8 Å². The van der Waals surface area contributed by atoms with Gasteiger partial charge in [-0.2, -0.15) is 0 Å². The Morgan fingerprint density at radius 1 is 1.18 bits per heavy atom. The molecule has 0 spiro atoms. The Bertz CT molecular complexity index is 262. The minimum absolute atomic E-state index is 0.0667. The largest absolute Gasteiger partial charge is 0.450 e. The van der Waals surface area contributed by atoms with E-state index >= 15 is 0 Å². The van der Waals surface area contributed by atoms with Crippen molar-refractivity contribution in [1.29, 1.82) is 0 Å². The van der Waals surface area contributed by atoms with Crippen molar-refractivity contribution in [3.8, 4) is 0 Å². The highest BCUT2D eigenvalue weighted by molar-refractivity contribution is 5.81. The Morgan fingerprint density at radius 2 is 1.82 bits per heavy atom. The van der Waals surface area contributed by atoms with Crippen LogP contribution >= 0.6 is 0 Å². The summed E-state index contributed by atoms with van der Waals surface area (Å²) < 4.78 is 9.69. The van der Waals surface area contributed by atoms with Crippen molar-refractivity contribution in [3.63, 3.8) is 0 Å². The maximum Gasteiger partial charge on any atom is 0.409 e. The molecule has 0 aliphatic carbocycles. The number of rotatable bonds is 5. The van der Waals surface area contributed by atoms with E-state index in [9.17, 15) is 9.59 Å². The first kappa shape index (κ1) is 13.9. The van der Waals surface area contributed by atoms with Gasteiger partial charge in [0.2, 0.25) is 0 Å². The molecule has 1 rings (SSSR count). The highest BCUT2D eigenvalue weighted by Crippen LogP contribution is 2.03. The molecule has 6 nitrogen and oxygen atoms in total. The van der Waals surface area contributed by atoms with Crippen LogP contribution in [-0.2, 0) is 14.3 Å². The molecule has 1 heterocycles. The summed E-state index contributed by atoms with van der Waals surface area (Å²) in [4.78, 5) is 26.5. The number of carbonyl (C=O) groups is 2. The van der Waals surface area contributed by atoms with Gasteiger partial charge in [0.1, 0.15) is 6.61 Å². The van der Waals surface area contributed by atoms with Crippen LogP contribution in [-0.4, -0.2) is 74.7 Å². The summed E-state index contributed by atoms with van der Waals surface area (Å²) >= 11 is 0. The first-order chi connectivity index (χ1) is 8.17. The van der Waals surface area contributed by atoms with Crippen LogP contribution in [0.3, 0.4) is 0 Å². The summed E-state index contributed by atoms with van der Waals surface area (Å²) in [5.41, 5.74) is 0. The van der Waals surface area contributed by atoms with E-state index in [-0.39, 0.29) is 18.5 Å². The molecule has 0 aromatic heterocycles. The van der Waals surface area contributed by atoms with Crippen molar-refractivity contribution in [3.05, 3.63) is 0 Å². The van der Waals surface area contributed by atoms with Gasteiger partial charge < -0.3 is 14.4 Å². The first-order valence-corrected chi connectivity index (χ1v) is 5.82. The summed E-state index contributed by atoms with van der Waals surface area (Å²) in [6.07, 6.45) is -0.268. The average molecular weight is 244 g/mol. The zero-order valence-corrected chi connectivity index (χ0v) is 10.5. The van der Waals surface area contributed by atoms with Crippen LogP contribution in [0.25, 0.3) is 0 Å². The fourth-order valence-electron chi connectivity index (χ4n) is 1.76. The number of ether oxygens (including phenoxy) is 2. The Labute approximate surface area is 101 Å². The molecule has 98 valence electrons. The SMILES string of the molecule is CCOC(=O)N1CCN(CC(=O)COC)CC1. The third-order valence-electron chi connectivity index (χ3n) is 2.60. The maximum absolute atomic E-state index is 11.4. The van der Waals surface area contributed by atoms with Crippen LogP contribution in [0.15, 0.2) is 0 Å². The topological polar surface area (TPSA) is 59.1 Å². The Morgan fingerprint density at radius 3 is 2.35 bits per heavy atom. The number of ketones is 1. The van der Waals surface area contributed by atoms with Crippen LogP contribution in [0.5, 0.6) is 0 Å². The van der Waals surface area contributed by atoms with Crippen molar-refractivity contribution in [1.82, 2.24) is 9.80 Å². The van der Waals surface area contributed by atoms with Gasteiger partial charge in [0.15, 0.2) is 5.78 Å². The number of amides is 1. The molecule has 17 heavy (non-hydrogen) atoms. The number of methoxy groups -OCH3 is 1. The summed E-state index contributed by atoms with van der Waals surface area (Å²) in [5, 5.41) is 0. The lowest BCUT2D eigenvalue weighted by molar-refractivity contribution is -0.124. The van der Waals surface area contributed by atoms with E-state index in [0.29, 0.717) is 39.3 Å². The second-order valence-corrected chi connectivity index (χ2v) is 3.93. The predicted octanol–water partition coefficient (Wildman–Crippen LogP) is -0.0240. The van der Waals surface area contributed by atoms with Crippen LogP contribution in [0.1, 0.15) is 6.92 Å². The van der Waals surface area contributed by atoms with Gasteiger partial charge in [-0.3, -0.25) is 9.69 Å². The van der Waals surface area contributed by atoms with Crippen molar-refractivity contribution < 1.29 is 19.1 Å². The monoisotopic (exact) mass is 244 g/mol. The molecular formula is C11H20N2O4. The molecule has 0 aromatic rings. The first-order valence-electron chi connectivity index (χ1n) is 5.82. The van der Waals surface area contributed by atoms with Gasteiger partial charge in [0.05, 0.1) is 13.2 Å². The number of hydrogen-bond acceptors (Lipinski definition) is 5. The van der Waals surface area contributed by atoms with E-state index in [0.717, 1.165) is 0 Å². The fraction of sp³-hybridized carbons (Fsp3) is 0.818. The van der Waals surface area contributed by atoms with E-state index in [2.05, 4.69) is 0 Å². The van der Waals surface area contributed by atoms with Crippen molar-refractivity contribution in [2.45, 2.75) is 6.92 Å². The molecular weight excluding hydrogens is 224 g/mol. The Hall–Kier alpha value is -1.14. The summed E-state index contributed by atoms with van der Waals surface area (Å²) in [6.45, 7) is 5.35. The molecule has 1 aliphatic heterocycles. The zero-order chi connectivity index (χ0) is 12.7. The molecule has 6 heteroatoms. The maximum atomic E-state index is 11.4. The molecule has 0 radical (unpaired) electrons. The number of hydrogen-bond donors (Lipinski definition) is 0. The van der Waals surface area contributed by atoms with Crippen molar-refractivity contribution in [2.75, 3.05) is 53.0 Å². The molecule has 0 atom stereocenters. The lowest BCUT2D eigenvalue weighted by Crippen LogP contribution is -2.50. The molecule has 0 unspecified atom stereocenters. The summed E-state index contributed by atoms with van der Waals surface area (Å²) in [6, 6.07) is 0. The van der Waals surface area contributed by atoms with E-state index < -0.39 is 0 Å². The predicted molar refractivity (Wildman–Crippen MR) is 61.9 cm³/mol. The molecule has 1 amide bonds. The number of carbonyl (C=O) groups excluding carboxylic acids is 2. The van der Waals surface area contributed by atoms with E-state index in [1.807, 2.05) is 4.90 Å². The van der Waals surface area contributed by atoms with E-state index in [4.69, 9.17) is 9.47 Å². The van der Waals surface area contributed by atoms with Gasteiger partial charge in [0.25, 0.3) is 0 Å². The van der Waals surface area contributed by atoms with Gasteiger partial charge in [-0.1, -0.05) is 0 Å². The molecule has 0 bridgehead atoms. The van der Waals surface area contributed by atoms with Gasteiger partial charge in [-0.15, -0.1) is 0 Å². The lowest BCUT2D eigenvalue weighted by atomic mass is 10.3. The van der Waals surface area contributed by atoms with Crippen LogP contribution < -0.4 is 0 Å². The van der Waals surface area contributed by atoms with Crippen molar-refractivity contribution in [2.24, 2.45) is 0 Å². The smallest absolute Gasteiger partial charge is 0.409 e. The zero-order valence-electron chi connectivity index (χ0n) is 10.5. The quantitative estimate of drug-likeness (QED) is 0.680. The van der Waals surface area contributed by atoms with Crippen LogP contribution in [0, 0.1) is 0 Å². The van der Waals surface area contributed by atoms with Crippen molar-refractivity contribution >= 4 is 11.9 Å². The minimum Gasteiger partial charge on any atom is -0.450 e. The second kappa shape index (κ2) is 7.24. The third-order valence-corrected chi connectivity index (χ3v) is 2.60. The lowest BCUT2D eigenvalue weighted by Gasteiger charge is -2.33. The molecule has 0 N–H and O–H groups in total. The average Bonchev–Trinajstić information content (AvgIpc) is 2.30. The molecule has 1 fully saturated rings. The molecule has 0 saturated carbocycles.